The number of ether oxygens (including phenoxy) is 3. The van der Waals surface area contributed by atoms with Crippen LogP contribution in [0.1, 0.15) is 30.9 Å². The van der Waals surface area contributed by atoms with Gasteiger partial charge in [0, 0.05) is 24.9 Å². The van der Waals surface area contributed by atoms with Crippen LogP contribution in [-0.2, 0) is 9.47 Å². The van der Waals surface area contributed by atoms with E-state index < -0.39 is 11.9 Å². The Kier molecular flexibility index (Phi) is 6.15. The molecule has 2 atom stereocenters. The van der Waals surface area contributed by atoms with E-state index in [1.54, 1.807) is 24.0 Å². The monoisotopic (exact) mass is 501 g/mol. The topological polar surface area (TPSA) is 110 Å². The van der Waals surface area contributed by atoms with Gasteiger partial charge in [-0.2, -0.15) is 14.6 Å². The molecule has 2 aromatic rings. The van der Waals surface area contributed by atoms with Crippen molar-refractivity contribution in [1.29, 1.82) is 5.26 Å². The van der Waals surface area contributed by atoms with Gasteiger partial charge in [-0.15, -0.1) is 0 Å². The highest BCUT2D eigenvalue weighted by molar-refractivity contribution is 6.33. The standard InChI is InChI=1S/C24H25ClFN5O4/c1-13-3-4-17(25)19(16(13)7-27)30-21-18(26)22(29-12-28-21)34-20-14-8-31(9-15(20)11-33-10-14)23(32)35-24(2)5-6-24/h3-4,12,14-15,20H,5-6,8-11H2,1-2H3,(H,28,29,30). The predicted octanol–water partition coefficient (Wildman–Crippen LogP) is 4.21. The molecule has 9 nitrogen and oxygen atoms in total. The minimum absolute atomic E-state index is 0.154. The molecule has 184 valence electrons. The summed E-state index contributed by atoms with van der Waals surface area (Å²) in [7, 11) is 0. The molecule has 3 aliphatic rings. The van der Waals surface area contributed by atoms with Gasteiger partial charge in [0.15, 0.2) is 5.82 Å². The number of anilines is 2. The van der Waals surface area contributed by atoms with Crippen LogP contribution >= 0.6 is 11.6 Å². The van der Waals surface area contributed by atoms with Gasteiger partial charge in [-0.05, 0) is 38.3 Å². The summed E-state index contributed by atoms with van der Waals surface area (Å²) in [6, 6.07) is 5.42. The Morgan fingerprint density at radius 2 is 2.03 bits per heavy atom. The van der Waals surface area contributed by atoms with Crippen molar-refractivity contribution < 1.29 is 23.4 Å². The van der Waals surface area contributed by atoms with E-state index in [4.69, 9.17) is 25.8 Å². The molecule has 5 rings (SSSR count). The lowest BCUT2D eigenvalue weighted by Crippen LogP contribution is -2.59. The second-order valence-electron chi connectivity index (χ2n) is 9.56. The maximum atomic E-state index is 15.4. The van der Waals surface area contributed by atoms with E-state index in [1.807, 2.05) is 6.92 Å². The molecular formula is C24H25ClFN5O4. The minimum Gasteiger partial charge on any atom is -0.471 e. The Morgan fingerprint density at radius 1 is 1.31 bits per heavy atom. The number of halogens is 2. The molecule has 2 aliphatic heterocycles. The van der Waals surface area contributed by atoms with Crippen LogP contribution < -0.4 is 10.1 Å². The zero-order valence-corrected chi connectivity index (χ0v) is 20.1. The molecule has 1 aromatic carbocycles. The largest absolute Gasteiger partial charge is 0.471 e. The van der Waals surface area contributed by atoms with Gasteiger partial charge in [0.25, 0.3) is 5.88 Å². The lowest BCUT2D eigenvalue weighted by Gasteiger charge is -2.46. The number of aromatic nitrogens is 2. The summed E-state index contributed by atoms with van der Waals surface area (Å²) >= 11 is 6.26. The first-order valence-electron chi connectivity index (χ1n) is 11.5. The number of amides is 1. The molecule has 2 unspecified atom stereocenters. The van der Waals surface area contributed by atoms with Crippen LogP contribution in [0.2, 0.25) is 5.02 Å². The molecule has 1 amide bonds. The fraction of sp³-hybridized carbons (Fsp3) is 0.500. The number of nitrogens with zero attached hydrogens (tertiary/aromatic N) is 4. The molecule has 3 heterocycles. The van der Waals surface area contributed by atoms with Gasteiger partial charge >= 0.3 is 6.09 Å². The first kappa shape index (κ1) is 23.6. The Labute approximate surface area is 207 Å². The van der Waals surface area contributed by atoms with E-state index in [9.17, 15) is 10.1 Å². The molecule has 0 spiro atoms. The number of hydrogen-bond donors (Lipinski definition) is 1. The Bertz CT molecular complexity index is 1190. The number of rotatable bonds is 5. The summed E-state index contributed by atoms with van der Waals surface area (Å²) in [4.78, 5) is 22.3. The quantitative estimate of drug-likeness (QED) is 0.649. The maximum absolute atomic E-state index is 15.4. The van der Waals surface area contributed by atoms with Gasteiger partial charge in [-0.25, -0.2) is 9.78 Å². The Morgan fingerprint density at radius 3 is 2.69 bits per heavy atom. The van der Waals surface area contributed by atoms with Crippen molar-refractivity contribution in [3.05, 3.63) is 40.4 Å². The maximum Gasteiger partial charge on any atom is 0.410 e. The highest BCUT2D eigenvalue weighted by atomic mass is 35.5. The van der Waals surface area contributed by atoms with Crippen molar-refractivity contribution in [2.75, 3.05) is 31.6 Å². The van der Waals surface area contributed by atoms with Gasteiger partial charge in [0.2, 0.25) is 5.82 Å². The highest BCUT2D eigenvalue weighted by Gasteiger charge is 2.47. The smallest absolute Gasteiger partial charge is 0.410 e. The van der Waals surface area contributed by atoms with Gasteiger partial charge in [-0.3, -0.25) is 0 Å². The number of likely N-dealkylation sites (tertiary alicyclic amines) is 1. The van der Waals surface area contributed by atoms with Crippen LogP contribution in [0.3, 0.4) is 0 Å². The number of carbonyl (C=O) groups excluding carboxylic acids is 1. The number of nitriles is 1. The minimum atomic E-state index is -0.795. The van der Waals surface area contributed by atoms with Crippen molar-refractivity contribution in [3.63, 3.8) is 0 Å². The molecule has 1 saturated carbocycles. The molecule has 1 aromatic heterocycles. The lowest BCUT2D eigenvalue weighted by atomic mass is 9.84. The fourth-order valence-electron chi connectivity index (χ4n) is 4.51. The lowest BCUT2D eigenvalue weighted by molar-refractivity contribution is -0.112. The van der Waals surface area contributed by atoms with Crippen LogP contribution in [0.25, 0.3) is 0 Å². The highest BCUT2D eigenvalue weighted by Crippen LogP contribution is 2.40. The second kappa shape index (κ2) is 9.13. The van der Waals surface area contributed by atoms with Crippen molar-refractivity contribution in [3.8, 4) is 11.9 Å². The van der Waals surface area contributed by atoms with Gasteiger partial charge in [-0.1, -0.05) is 17.7 Å². The van der Waals surface area contributed by atoms with E-state index >= 15 is 4.39 Å². The third-order valence-corrected chi connectivity index (χ3v) is 7.09. The molecule has 3 fully saturated rings. The van der Waals surface area contributed by atoms with Crippen LogP contribution in [0.15, 0.2) is 18.5 Å². The first-order chi connectivity index (χ1) is 16.8. The van der Waals surface area contributed by atoms with Gasteiger partial charge in [0.05, 0.1) is 29.5 Å². The molecule has 0 radical (unpaired) electrons. The summed E-state index contributed by atoms with van der Waals surface area (Å²) in [6.07, 6.45) is 2.22. The number of piperidine rings is 1. The van der Waals surface area contributed by atoms with Crippen LogP contribution in [0, 0.1) is 35.9 Å². The van der Waals surface area contributed by atoms with E-state index in [-0.39, 0.29) is 45.9 Å². The van der Waals surface area contributed by atoms with Crippen LogP contribution in [-0.4, -0.2) is 59.0 Å². The zero-order valence-electron chi connectivity index (χ0n) is 19.4. The average Bonchev–Trinajstić information content (AvgIpc) is 3.55. The number of benzene rings is 1. The zero-order chi connectivity index (χ0) is 24.7. The summed E-state index contributed by atoms with van der Waals surface area (Å²) in [5.74, 6) is -1.49. The summed E-state index contributed by atoms with van der Waals surface area (Å²) in [5, 5.41) is 12.6. The second-order valence-corrected chi connectivity index (χ2v) is 9.96. The van der Waals surface area contributed by atoms with E-state index in [0.29, 0.717) is 37.4 Å². The number of nitrogens with one attached hydrogen (secondary N) is 1. The van der Waals surface area contributed by atoms with Crippen molar-refractivity contribution >= 4 is 29.2 Å². The molecule has 2 bridgehead atoms. The predicted molar refractivity (Wildman–Crippen MR) is 124 cm³/mol. The number of aryl methyl sites for hydroxylation is 1. The van der Waals surface area contributed by atoms with Crippen molar-refractivity contribution in [1.82, 2.24) is 14.9 Å². The Balaban J connectivity index is 1.33. The number of hydrogen-bond acceptors (Lipinski definition) is 8. The van der Waals surface area contributed by atoms with Crippen molar-refractivity contribution in [2.45, 2.75) is 38.4 Å². The normalized spacial score (nSPS) is 24.3. The summed E-state index contributed by atoms with van der Waals surface area (Å²) in [5.41, 5.74) is 0.900. The molecule has 2 saturated heterocycles. The van der Waals surface area contributed by atoms with Gasteiger partial charge < -0.3 is 24.4 Å². The molecule has 35 heavy (non-hydrogen) atoms. The molecule has 1 aliphatic carbocycles. The van der Waals surface area contributed by atoms with Crippen LogP contribution in [0.4, 0.5) is 20.7 Å². The molecule has 1 N–H and O–H groups in total. The molecular weight excluding hydrogens is 477 g/mol. The fourth-order valence-corrected chi connectivity index (χ4v) is 4.72. The SMILES string of the molecule is Cc1ccc(Cl)c(Nc2ncnc(OC3C4COCC3CN(C(=O)OC3(C)CC3)C4)c2F)c1C#N. The van der Waals surface area contributed by atoms with E-state index in [2.05, 4.69) is 21.4 Å². The number of fused-ring (bicyclic) bond motifs is 2. The molecule has 11 heteroatoms. The van der Waals surface area contributed by atoms with Crippen LogP contribution in [0.5, 0.6) is 5.88 Å². The number of carbonyl (C=O) groups is 1. The third kappa shape index (κ3) is 4.70. The van der Waals surface area contributed by atoms with Crippen molar-refractivity contribution in [2.24, 2.45) is 11.8 Å². The van der Waals surface area contributed by atoms with E-state index in [1.165, 1.54) is 6.33 Å². The average molecular weight is 502 g/mol. The summed E-state index contributed by atoms with van der Waals surface area (Å²) < 4.78 is 32.8. The Hall–Kier alpha value is -3.16. The summed E-state index contributed by atoms with van der Waals surface area (Å²) in [6.45, 7) is 5.22. The van der Waals surface area contributed by atoms with Gasteiger partial charge in [0.1, 0.15) is 24.1 Å². The first-order valence-corrected chi connectivity index (χ1v) is 11.8. The third-order valence-electron chi connectivity index (χ3n) is 6.77. The van der Waals surface area contributed by atoms with E-state index in [0.717, 1.165) is 12.8 Å².